The average Bonchev–Trinajstić information content (AvgIpc) is 2.92. The van der Waals surface area contributed by atoms with Gasteiger partial charge in [-0.25, -0.2) is 13.4 Å². The zero-order valence-electron chi connectivity index (χ0n) is 20.0. The molecule has 8 nitrogen and oxygen atoms in total. The van der Waals surface area contributed by atoms with Crippen molar-refractivity contribution >= 4 is 38.0 Å². The first-order valence-electron chi connectivity index (χ1n) is 11.6. The maximum atomic E-state index is 13.1. The smallest absolute Gasteiger partial charge is 0.264 e. The number of benzene rings is 2. The first-order valence-corrected chi connectivity index (χ1v) is 13.1. The molecule has 2 aromatic heterocycles. The molecule has 184 valence electrons. The summed E-state index contributed by atoms with van der Waals surface area (Å²) in [6, 6.07) is 20.0. The highest BCUT2D eigenvalue weighted by atomic mass is 32.2. The second-order valence-electron chi connectivity index (χ2n) is 8.47. The third-order valence-corrected chi connectivity index (χ3v) is 7.71. The van der Waals surface area contributed by atoms with E-state index in [1.54, 1.807) is 49.8 Å². The van der Waals surface area contributed by atoms with Crippen molar-refractivity contribution in [2.75, 3.05) is 42.9 Å². The molecule has 0 spiro atoms. The molecule has 9 heteroatoms. The molecule has 3 heterocycles. The van der Waals surface area contributed by atoms with E-state index in [1.165, 1.54) is 0 Å². The number of nitrogens with zero attached hydrogens (tertiary/aromatic N) is 4. The molecule has 1 N–H and O–H groups in total. The van der Waals surface area contributed by atoms with E-state index < -0.39 is 10.0 Å². The van der Waals surface area contributed by atoms with Crippen molar-refractivity contribution in [1.82, 2.24) is 14.9 Å². The van der Waals surface area contributed by atoms with Crippen LogP contribution in [0.4, 0.5) is 11.4 Å². The highest BCUT2D eigenvalue weighted by Gasteiger charge is 2.22. The van der Waals surface area contributed by atoms with Gasteiger partial charge in [0.25, 0.3) is 10.0 Å². The van der Waals surface area contributed by atoms with Gasteiger partial charge in [0.15, 0.2) is 0 Å². The number of aromatic nitrogens is 2. The summed E-state index contributed by atoms with van der Waals surface area (Å²) in [5.41, 5.74) is 3.76. The third-order valence-electron chi connectivity index (χ3n) is 6.30. The molecule has 1 aliphatic rings. The SMILES string of the molecule is C=C(c1ccc(NS(=O)(=O)c2cccc3cccnc23)cc1)N1CCN(c2cccnc2OC)CC1. The number of para-hydroxylation sites is 1. The molecule has 2 aromatic carbocycles. The molecule has 1 saturated heterocycles. The van der Waals surface area contributed by atoms with Gasteiger partial charge in [0.2, 0.25) is 5.88 Å². The van der Waals surface area contributed by atoms with Crippen molar-refractivity contribution in [1.29, 1.82) is 0 Å². The van der Waals surface area contributed by atoms with E-state index >= 15 is 0 Å². The fourth-order valence-electron chi connectivity index (χ4n) is 4.41. The van der Waals surface area contributed by atoms with Crippen molar-refractivity contribution < 1.29 is 13.2 Å². The van der Waals surface area contributed by atoms with Crippen LogP contribution in [0.1, 0.15) is 5.56 Å². The number of piperazine rings is 1. The molecule has 1 fully saturated rings. The molecule has 36 heavy (non-hydrogen) atoms. The summed E-state index contributed by atoms with van der Waals surface area (Å²) < 4.78 is 34.2. The second-order valence-corrected chi connectivity index (χ2v) is 10.1. The maximum absolute atomic E-state index is 13.1. The predicted molar refractivity (Wildman–Crippen MR) is 143 cm³/mol. The Morgan fingerprint density at radius 3 is 2.36 bits per heavy atom. The number of fused-ring (bicyclic) bond motifs is 1. The first kappa shape index (κ1) is 23.6. The van der Waals surface area contributed by atoms with E-state index in [0.717, 1.165) is 48.5 Å². The van der Waals surface area contributed by atoms with Crippen LogP contribution in [0.5, 0.6) is 5.88 Å². The monoisotopic (exact) mass is 501 g/mol. The number of anilines is 2. The van der Waals surface area contributed by atoms with Gasteiger partial charge in [-0.2, -0.15) is 0 Å². The number of hydrogen-bond donors (Lipinski definition) is 1. The number of sulfonamides is 1. The lowest BCUT2D eigenvalue weighted by atomic mass is 10.1. The molecule has 0 radical (unpaired) electrons. The predicted octanol–water partition coefficient (Wildman–Crippen LogP) is 4.23. The van der Waals surface area contributed by atoms with Crippen LogP contribution in [0.3, 0.4) is 0 Å². The third kappa shape index (κ3) is 4.70. The van der Waals surface area contributed by atoms with Crippen LogP contribution in [-0.2, 0) is 10.0 Å². The molecule has 0 aliphatic carbocycles. The number of hydrogen-bond acceptors (Lipinski definition) is 7. The van der Waals surface area contributed by atoms with E-state index in [2.05, 4.69) is 31.1 Å². The van der Waals surface area contributed by atoms with Gasteiger partial charge in [0, 0.05) is 55.3 Å². The van der Waals surface area contributed by atoms with E-state index in [1.807, 2.05) is 36.4 Å². The second kappa shape index (κ2) is 9.87. The minimum absolute atomic E-state index is 0.150. The van der Waals surface area contributed by atoms with E-state index in [-0.39, 0.29) is 4.90 Å². The number of ether oxygens (including phenoxy) is 1. The Kier molecular flexibility index (Phi) is 6.47. The summed E-state index contributed by atoms with van der Waals surface area (Å²) >= 11 is 0. The van der Waals surface area contributed by atoms with Crippen LogP contribution in [0.15, 0.2) is 90.6 Å². The zero-order chi connectivity index (χ0) is 25.1. The number of nitrogens with one attached hydrogen (secondary N) is 1. The Morgan fingerprint density at radius 1 is 0.917 bits per heavy atom. The quantitative estimate of drug-likeness (QED) is 0.405. The van der Waals surface area contributed by atoms with E-state index in [9.17, 15) is 8.42 Å². The summed E-state index contributed by atoms with van der Waals surface area (Å²) in [5.74, 6) is 0.627. The summed E-state index contributed by atoms with van der Waals surface area (Å²) in [6.45, 7) is 7.53. The van der Waals surface area contributed by atoms with Gasteiger partial charge in [-0.05, 0) is 42.0 Å². The zero-order valence-corrected chi connectivity index (χ0v) is 20.8. The van der Waals surface area contributed by atoms with Crippen molar-refractivity contribution in [2.24, 2.45) is 0 Å². The molecule has 0 amide bonds. The fourth-order valence-corrected chi connectivity index (χ4v) is 5.65. The molecule has 1 aliphatic heterocycles. The Balaban J connectivity index is 1.25. The minimum atomic E-state index is -3.80. The van der Waals surface area contributed by atoms with Gasteiger partial charge in [-0.3, -0.25) is 9.71 Å². The van der Waals surface area contributed by atoms with Crippen LogP contribution >= 0.6 is 0 Å². The van der Waals surface area contributed by atoms with Crippen molar-refractivity contribution in [2.45, 2.75) is 4.90 Å². The van der Waals surface area contributed by atoms with Crippen LogP contribution in [0.2, 0.25) is 0 Å². The van der Waals surface area contributed by atoms with Gasteiger partial charge in [-0.15, -0.1) is 0 Å². The lowest BCUT2D eigenvalue weighted by molar-refractivity contribution is 0.360. The summed E-state index contributed by atoms with van der Waals surface area (Å²) in [4.78, 5) is 13.2. The minimum Gasteiger partial charge on any atom is -0.480 e. The van der Waals surface area contributed by atoms with Crippen LogP contribution in [0.25, 0.3) is 16.6 Å². The number of pyridine rings is 2. The van der Waals surface area contributed by atoms with Gasteiger partial charge in [0.1, 0.15) is 4.90 Å². The Morgan fingerprint density at radius 2 is 1.61 bits per heavy atom. The first-order chi connectivity index (χ1) is 17.5. The average molecular weight is 502 g/mol. The van der Waals surface area contributed by atoms with E-state index in [0.29, 0.717) is 17.1 Å². The molecule has 0 unspecified atom stereocenters. The highest BCUT2D eigenvalue weighted by molar-refractivity contribution is 7.93. The van der Waals surface area contributed by atoms with Crippen LogP contribution < -0.4 is 14.4 Å². The molecular formula is C27H27N5O3S. The summed E-state index contributed by atoms with van der Waals surface area (Å²) in [5, 5.41) is 0.772. The highest BCUT2D eigenvalue weighted by Crippen LogP contribution is 2.29. The molecule has 5 rings (SSSR count). The molecular weight excluding hydrogens is 474 g/mol. The normalized spacial score (nSPS) is 14.0. The Hall–Kier alpha value is -4.11. The molecule has 0 bridgehead atoms. The Labute approximate surface area is 210 Å². The summed E-state index contributed by atoms with van der Waals surface area (Å²) in [6.07, 6.45) is 3.32. The molecule has 0 atom stereocenters. The van der Waals surface area contributed by atoms with Crippen molar-refractivity contribution in [3.8, 4) is 5.88 Å². The lowest BCUT2D eigenvalue weighted by Gasteiger charge is -2.38. The number of rotatable bonds is 7. The Bertz CT molecular complexity index is 1490. The van der Waals surface area contributed by atoms with Gasteiger partial charge < -0.3 is 14.5 Å². The van der Waals surface area contributed by atoms with Crippen molar-refractivity contribution in [3.63, 3.8) is 0 Å². The van der Waals surface area contributed by atoms with Gasteiger partial charge in [-0.1, -0.05) is 36.9 Å². The van der Waals surface area contributed by atoms with Crippen LogP contribution in [0, 0.1) is 0 Å². The lowest BCUT2D eigenvalue weighted by Crippen LogP contribution is -2.45. The van der Waals surface area contributed by atoms with Gasteiger partial charge >= 0.3 is 0 Å². The fraction of sp³-hybridized carbons (Fsp3) is 0.185. The molecule has 4 aromatic rings. The van der Waals surface area contributed by atoms with Crippen LogP contribution in [-0.4, -0.2) is 56.6 Å². The standard InChI is InChI=1S/C27H27N5O3S/c1-20(31-16-18-32(19-17-31)24-8-5-15-29-27(24)35-2)21-10-12-23(13-11-21)30-36(33,34)25-9-3-6-22-7-4-14-28-26(22)25/h3-15,30H,1,16-19H2,2H3. The molecule has 0 saturated carbocycles. The number of methoxy groups -OCH3 is 1. The van der Waals surface area contributed by atoms with Crippen molar-refractivity contribution in [3.05, 3.63) is 91.3 Å². The van der Waals surface area contributed by atoms with Gasteiger partial charge in [0.05, 0.1) is 18.3 Å². The largest absolute Gasteiger partial charge is 0.480 e. The summed E-state index contributed by atoms with van der Waals surface area (Å²) in [7, 11) is -2.17. The van der Waals surface area contributed by atoms with E-state index in [4.69, 9.17) is 4.74 Å². The maximum Gasteiger partial charge on any atom is 0.264 e. The topological polar surface area (TPSA) is 87.7 Å².